The van der Waals surface area contributed by atoms with E-state index >= 15 is 0 Å². The van der Waals surface area contributed by atoms with Crippen LogP contribution in [0.3, 0.4) is 0 Å². The number of ether oxygens (including phenoxy) is 1. The Kier molecular flexibility index (Phi) is 5.29. The zero-order chi connectivity index (χ0) is 10.3. The molecule has 0 aliphatic rings. The van der Waals surface area contributed by atoms with Gasteiger partial charge >= 0.3 is 12.1 Å². The average Bonchev–Trinajstić information content (AvgIpc) is 2.04. The van der Waals surface area contributed by atoms with Crippen molar-refractivity contribution < 1.29 is 29.1 Å². The lowest BCUT2D eigenvalue weighted by molar-refractivity contribution is -0.457. The highest BCUT2D eigenvalue weighted by Crippen LogP contribution is 1.94. The maximum absolute atomic E-state index is 10.6. The molecule has 0 aliphatic heterocycles. The number of hydrogen-bond donors (Lipinski definition) is 0. The number of carbonyl (C=O) groups is 2. The van der Waals surface area contributed by atoms with Crippen LogP contribution >= 0.6 is 0 Å². The molecule has 0 aliphatic carbocycles. The molecule has 0 saturated heterocycles. The molecule has 6 nitrogen and oxygen atoms in total. The summed E-state index contributed by atoms with van der Waals surface area (Å²) < 4.78 is 4.28. The first-order valence-corrected chi connectivity index (χ1v) is 3.45. The Morgan fingerprint density at radius 2 is 1.92 bits per heavy atom. The van der Waals surface area contributed by atoms with E-state index in [1.807, 2.05) is 0 Å². The molecule has 0 radical (unpaired) electrons. The van der Waals surface area contributed by atoms with E-state index in [0.717, 1.165) is 0 Å². The number of hydrogen-bond acceptors (Lipinski definition) is 6. The van der Waals surface area contributed by atoms with Gasteiger partial charge in [0.25, 0.3) is 0 Å². The third-order valence-electron chi connectivity index (χ3n) is 0.822. The molecular weight excluding hydrogens is 180 g/mol. The summed E-state index contributed by atoms with van der Waals surface area (Å²) in [5, 5.41) is 3.79. The lowest BCUT2D eigenvalue weighted by atomic mass is 10.4. The lowest BCUT2D eigenvalue weighted by Crippen LogP contribution is -2.11. The second-order valence-corrected chi connectivity index (χ2v) is 1.99. The number of rotatable bonds is 4. The molecule has 0 saturated carbocycles. The quantitative estimate of drug-likeness (QED) is 0.286. The molecule has 0 aromatic carbocycles. The molecule has 13 heavy (non-hydrogen) atoms. The monoisotopic (exact) mass is 190 g/mol. The predicted molar refractivity (Wildman–Crippen MR) is 40.1 cm³/mol. The maximum atomic E-state index is 10.6. The molecule has 0 unspecified atom stereocenters. The van der Waals surface area contributed by atoms with E-state index in [9.17, 15) is 9.59 Å². The fourth-order valence-electron chi connectivity index (χ4n) is 0.289. The van der Waals surface area contributed by atoms with E-state index in [4.69, 9.17) is 0 Å². The van der Waals surface area contributed by atoms with Crippen molar-refractivity contribution in [2.45, 2.75) is 13.8 Å². The normalized spacial score (nSPS) is 8.77. The van der Waals surface area contributed by atoms with Crippen LogP contribution in [0.2, 0.25) is 0 Å². The van der Waals surface area contributed by atoms with Crippen molar-refractivity contribution in [3.05, 3.63) is 12.2 Å². The van der Waals surface area contributed by atoms with Gasteiger partial charge in [-0.05, 0) is 13.8 Å². The van der Waals surface area contributed by atoms with Crippen molar-refractivity contribution in [3.63, 3.8) is 0 Å². The summed E-state index contributed by atoms with van der Waals surface area (Å²) in [5.74, 6) is -0.829. The van der Waals surface area contributed by atoms with Gasteiger partial charge in [-0.3, -0.25) is 4.89 Å². The van der Waals surface area contributed by atoms with Crippen molar-refractivity contribution in [1.82, 2.24) is 0 Å². The van der Waals surface area contributed by atoms with Gasteiger partial charge in [0.1, 0.15) is 0 Å². The van der Waals surface area contributed by atoms with Gasteiger partial charge in [-0.1, -0.05) is 6.58 Å². The molecule has 0 atom stereocenters. The average molecular weight is 190 g/mol. The van der Waals surface area contributed by atoms with Gasteiger partial charge in [0.05, 0.1) is 11.6 Å². The molecule has 74 valence electrons. The molecule has 0 rings (SSSR count). The van der Waals surface area contributed by atoms with Crippen molar-refractivity contribution in [2.75, 3.05) is 6.61 Å². The highest BCUT2D eigenvalue weighted by molar-refractivity contribution is 5.86. The Bertz CT molecular complexity index is 209. The topological polar surface area (TPSA) is 71.1 Å². The highest BCUT2D eigenvalue weighted by Gasteiger charge is 2.08. The van der Waals surface area contributed by atoms with Crippen LogP contribution in [0, 0.1) is 0 Å². The standard InChI is InChI=1S/C7H10O6/c1-4-10-7(9)12-13-11-6(8)5(2)3/h2,4H2,1,3H3. The molecule has 0 fully saturated rings. The highest BCUT2D eigenvalue weighted by atomic mass is 17.5. The molecule has 0 aromatic rings. The minimum atomic E-state index is -1.09. The fourth-order valence-corrected chi connectivity index (χ4v) is 0.289. The van der Waals surface area contributed by atoms with E-state index in [0.29, 0.717) is 0 Å². The van der Waals surface area contributed by atoms with Gasteiger partial charge < -0.3 is 4.74 Å². The Morgan fingerprint density at radius 3 is 2.38 bits per heavy atom. The van der Waals surface area contributed by atoms with Crippen molar-refractivity contribution in [2.24, 2.45) is 0 Å². The van der Waals surface area contributed by atoms with Crippen molar-refractivity contribution in [3.8, 4) is 0 Å². The fraction of sp³-hybridized carbons (Fsp3) is 0.429. The van der Waals surface area contributed by atoms with E-state index < -0.39 is 12.1 Å². The second kappa shape index (κ2) is 6.01. The zero-order valence-corrected chi connectivity index (χ0v) is 7.36. The first-order valence-electron chi connectivity index (χ1n) is 3.45. The third kappa shape index (κ3) is 5.68. The largest absolute Gasteiger partial charge is 0.543 e. The summed E-state index contributed by atoms with van der Waals surface area (Å²) in [6, 6.07) is 0. The molecule has 0 heterocycles. The van der Waals surface area contributed by atoms with Gasteiger partial charge in [0.15, 0.2) is 0 Å². The Balaban J connectivity index is 3.50. The van der Waals surface area contributed by atoms with Crippen LogP contribution in [0.25, 0.3) is 0 Å². The summed E-state index contributed by atoms with van der Waals surface area (Å²) >= 11 is 0. The Hall–Kier alpha value is -1.56. The Morgan fingerprint density at radius 1 is 1.31 bits per heavy atom. The zero-order valence-electron chi connectivity index (χ0n) is 7.36. The molecule has 6 heteroatoms. The van der Waals surface area contributed by atoms with Gasteiger partial charge in [-0.2, -0.15) is 0 Å². The molecule has 0 amide bonds. The van der Waals surface area contributed by atoms with Gasteiger partial charge in [-0.15, -0.1) is 0 Å². The lowest BCUT2D eigenvalue weighted by Gasteiger charge is -2.00. The van der Waals surface area contributed by atoms with Crippen LogP contribution in [-0.4, -0.2) is 18.7 Å². The summed E-state index contributed by atoms with van der Waals surface area (Å²) in [5.41, 5.74) is 0.118. The van der Waals surface area contributed by atoms with Gasteiger partial charge in [-0.25, -0.2) is 14.5 Å². The summed E-state index contributed by atoms with van der Waals surface area (Å²) in [6.07, 6.45) is -1.09. The van der Waals surface area contributed by atoms with Gasteiger partial charge in [0, 0.05) is 5.57 Å². The molecular formula is C7H10O6. The van der Waals surface area contributed by atoms with E-state index in [1.165, 1.54) is 6.92 Å². The van der Waals surface area contributed by atoms with Crippen LogP contribution < -0.4 is 0 Å². The van der Waals surface area contributed by atoms with Crippen LogP contribution in [0.15, 0.2) is 12.2 Å². The maximum Gasteiger partial charge on any atom is 0.543 e. The summed E-state index contributed by atoms with van der Waals surface area (Å²) in [4.78, 5) is 28.8. The first-order chi connectivity index (χ1) is 6.07. The first kappa shape index (κ1) is 11.4. The van der Waals surface area contributed by atoms with E-state index in [-0.39, 0.29) is 12.2 Å². The van der Waals surface area contributed by atoms with Crippen LogP contribution in [0.4, 0.5) is 4.79 Å². The molecule has 0 spiro atoms. The molecule has 0 N–H and O–H groups in total. The second-order valence-electron chi connectivity index (χ2n) is 1.99. The molecule has 0 bridgehead atoms. The minimum absolute atomic E-state index is 0.118. The van der Waals surface area contributed by atoms with Crippen LogP contribution in [0.5, 0.6) is 0 Å². The molecule has 0 aromatic heterocycles. The number of carbonyl (C=O) groups excluding carboxylic acids is 2. The predicted octanol–water partition coefficient (Wildman–Crippen LogP) is 1.13. The SMILES string of the molecule is C=C(C)C(=O)OOOC(=O)OCC. The summed E-state index contributed by atoms with van der Waals surface area (Å²) in [6.45, 7) is 6.40. The Labute approximate surface area is 74.9 Å². The van der Waals surface area contributed by atoms with E-state index in [2.05, 4.69) is 26.1 Å². The minimum Gasteiger partial charge on any atom is -0.433 e. The van der Waals surface area contributed by atoms with E-state index in [1.54, 1.807) is 6.92 Å². The van der Waals surface area contributed by atoms with Crippen LogP contribution in [-0.2, 0) is 24.3 Å². The summed E-state index contributed by atoms with van der Waals surface area (Å²) in [7, 11) is 0. The third-order valence-corrected chi connectivity index (χ3v) is 0.822. The van der Waals surface area contributed by atoms with Crippen molar-refractivity contribution in [1.29, 1.82) is 0 Å². The smallest absolute Gasteiger partial charge is 0.433 e. The van der Waals surface area contributed by atoms with Crippen LogP contribution in [0.1, 0.15) is 13.8 Å². The van der Waals surface area contributed by atoms with Gasteiger partial charge in [0.2, 0.25) is 0 Å². The van der Waals surface area contributed by atoms with Crippen molar-refractivity contribution >= 4 is 12.1 Å².